The number of benzene rings is 2. The van der Waals surface area contributed by atoms with Gasteiger partial charge in [0.15, 0.2) is 0 Å². The van der Waals surface area contributed by atoms with Gasteiger partial charge in [-0.25, -0.2) is 8.42 Å². The zero-order valence-corrected chi connectivity index (χ0v) is 19.0. The minimum atomic E-state index is -3.72. The van der Waals surface area contributed by atoms with Crippen molar-refractivity contribution in [2.75, 3.05) is 6.54 Å². The smallest absolute Gasteiger partial charge is 0.245 e. The van der Waals surface area contributed by atoms with Gasteiger partial charge in [-0.2, -0.15) is 9.29 Å². The summed E-state index contributed by atoms with van der Waals surface area (Å²) in [4.78, 5) is 4.90. The molecule has 4 rings (SSSR count). The van der Waals surface area contributed by atoms with Crippen molar-refractivity contribution in [3.05, 3.63) is 63.5 Å². The van der Waals surface area contributed by atoms with Crippen molar-refractivity contribution in [1.29, 1.82) is 0 Å². The van der Waals surface area contributed by atoms with E-state index in [1.165, 1.54) is 4.31 Å². The third-order valence-electron chi connectivity index (χ3n) is 5.90. The van der Waals surface area contributed by atoms with Gasteiger partial charge in [0.1, 0.15) is 6.04 Å². The van der Waals surface area contributed by atoms with E-state index >= 15 is 0 Å². The van der Waals surface area contributed by atoms with E-state index in [0.29, 0.717) is 34.6 Å². The molecular formula is C22H24ClN3O3S. The molecule has 158 valence electrons. The highest BCUT2D eigenvalue weighted by Crippen LogP contribution is 2.39. The zero-order valence-electron chi connectivity index (χ0n) is 17.4. The molecule has 0 aliphatic carbocycles. The lowest BCUT2D eigenvalue weighted by atomic mass is 10.0. The summed E-state index contributed by atoms with van der Waals surface area (Å²) in [5.41, 5.74) is 4.28. The van der Waals surface area contributed by atoms with Crippen LogP contribution >= 0.6 is 11.6 Å². The quantitative estimate of drug-likeness (QED) is 0.555. The van der Waals surface area contributed by atoms with E-state index in [4.69, 9.17) is 16.1 Å². The third-order valence-corrected chi connectivity index (χ3v) is 8.33. The topological polar surface area (TPSA) is 76.3 Å². The number of aryl methyl sites for hydroxylation is 2. The average Bonchev–Trinajstić information content (AvgIpc) is 3.36. The van der Waals surface area contributed by atoms with Crippen molar-refractivity contribution in [2.24, 2.45) is 0 Å². The van der Waals surface area contributed by atoms with Gasteiger partial charge in [0, 0.05) is 17.1 Å². The van der Waals surface area contributed by atoms with E-state index in [-0.39, 0.29) is 0 Å². The molecule has 1 aromatic heterocycles. The van der Waals surface area contributed by atoms with Gasteiger partial charge in [0.25, 0.3) is 0 Å². The summed E-state index contributed by atoms with van der Waals surface area (Å²) in [5, 5.41) is 4.68. The molecule has 0 N–H and O–H groups in total. The fraction of sp³-hybridized carbons (Fsp3) is 0.364. The first-order valence-electron chi connectivity index (χ1n) is 9.89. The molecule has 1 aliphatic rings. The van der Waals surface area contributed by atoms with E-state index in [1.54, 1.807) is 12.1 Å². The second-order valence-electron chi connectivity index (χ2n) is 7.83. The third kappa shape index (κ3) is 3.55. The summed E-state index contributed by atoms with van der Waals surface area (Å²) in [6.45, 7) is 8.05. The van der Waals surface area contributed by atoms with E-state index < -0.39 is 16.1 Å². The number of sulfonamides is 1. The maximum absolute atomic E-state index is 13.7. The van der Waals surface area contributed by atoms with Crippen LogP contribution in [0.25, 0.3) is 11.4 Å². The second kappa shape index (κ2) is 7.80. The summed E-state index contributed by atoms with van der Waals surface area (Å²) in [6, 6.07) is 8.69. The Morgan fingerprint density at radius 2 is 1.70 bits per heavy atom. The van der Waals surface area contributed by atoms with Crippen LogP contribution in [-0.2, 0) is 10.0 Å². The summed E-state index contributed by atoms with van der Waals surface area (Å²) < 4.78 is 34.4. The maximum Gasteiger partial charge on any atom is 0.245 e. The Kier molecular flexibility index (Phi) is 5.46. The Morgan fingerprint density at radius 3 is 2.33 bits per heavy atom. The fourth-order valence-electron chi connectivity index (χ4n) is 4.05. The van der Waals surface area contributed by atoms with Crippen molar-refractivity contribution in [3.63, 3.8) is 0 Å². The molecule has 1 aliphatic heterocycles. The largest absolute Gasteiger partial charge is 0.337 e. The molecule has 1 fully saturated rings. The van der Waals surface area contributed by atoms with Gasteiger partial charge in [-0.05, 0) is 87.1 Å². The number of hydrogen-bond donors (Lipinski definition) is 0. The molecule has 2 aromatic carbocycles. The molecule has 0 amide bonds. The minimum Gasteiger partial charge on any atom is -0.337 e. The number of hydrogen-bond acceptors (Lipinski definition) is 5. The van der Waals surface area contributed by atoms with Crippen LogP contribution < -0.4 is 0 Å². The number of rotatable bonds is 4. The van der Waals surface area contributed by atoms with E-state index in [1.807, 2.05) is 45.9 Å². The molecule has 2 heterocycles. The Balaban J connectivity index is 1.72. The summed E-state index contributed by atoms with van der Waals surface area (Å²) in [7, 11) is -3.72. The molecule has 1 unspecified atom stereocenters. The van der Waals surface area contributed by atoms with Gasteiger partial charge in [-0.15, -0.1) is 0 Å². The zero-order chi connectivity index (χ0) is 21.6. The van der Waals surface area contributed by atoms with Crippen LogP contribution in [0.5, 0.6) is 0 Å². The van der Waals surface area contributed by atoms with Crippen molar-refractivity contribution in [2.45, 2.75) is 51.5 Å². The number of aromatic nitrogens is 2. The lowest BCUT2D eigenvalue weighted by molar-refractivity contribution is 0.290. The van der Waals surface area contributed by atoms with Crippen molar-refractivity contribution in [1.82, 2.24) is 14.4 Å². The standard InChI is InChI=1S/C22H24ClN3O3S/c1-13-12-14(2)16(4)20(15(13)3)30(27,28)26-11-5-6-19(26)22-24-21(25-29-22)17-7-9-18(23)10-8-17/h7-10,12,19H,5-6,11H2,1-4H3. The molecule has 1 atom stereocenters. The molecule has 0 saturated carbocycles. The Labute approximate surface area is 181 Å². The normalized spacial score (nSPS) is 17.6. The minimum absolute atomic E-state index is 0.320. The molecule has 3 aromatic rings. The van der Waals surface area contributed by atoms with Gasteiger partial charge in [0.2, 0.25) is 21.7 Å². The molecule has 0 bridgehead atoms. The van der Waals surface area contributed by atoms with E-state index in [0.717, 1.165) is 34.2 Å². The van der Waals surface area contributed by atoms with Gasteiger partial charge in [-0.3, -0.25) is 0 Å². The fourth-order valence-corrected chi connectivity index (χ4v) is 6.40. The van der Waals surface area contributed by atoms with Gasteiger partial charge in [0.05, 0.1) is 4.90 Å². The molecule has 8 heteroatoms. The van der Waals surface area contributed by atoms with Crippen LogP contribution in [0.3, 0.4) is 0 Å². The molecule has 0 radical (unpaired) electrons. The lowest BCUT2D eigenvalue weighted by Gasteiger charge is -2.25. The number of nitrogens with zero attached hydrogens (tertiary/aromatic N) is 3. The van der Waals surface area contributed by atoms with Crippen LogP contribution in [0.4, 0.5) is 0 Å². The summed E-state index contributed by atoms with van der Waals surface area (Å²) in [5.74, 6) is 0.741. The predicted molar refractivity (Wildman–Crippen MR) is 116 cm³/mol. The number of halogens is 1. The Morgan fingerprint density at radius 1 is 1.07 bits per heavy atom. The first kappa shape index (κ1) is 21.0. The van der Waals surface area contributed by atoms with Crippen LogP contribution in [-0.4, -0.2) is 29.4 Å². The SMILES string of the molecule is Cc1cc(C)c(C)c(S(=O)(=O)N2CCCC2c2nc(-c3ccc(Cl)cc3)no2)c1C. The van der Waals surface area contributed by atoms with Crippen molar-refractivity contribution < 1.29 is 12.9 Å². The first-order valence-corrected chi connectivity index (χ1v) is 11.7. The van der Waals surface area contributed by atoms with Crippen LogP contribution in [0.1, 0.15) is 47.0 Å². The van der Waals surface area contributed by atoms with Crippen molar-refractivity contribution in [3.8, 4) is 11.4 Å². The highest BCUT2D eigenvalue weighted by molar-refractivity contribution is 7.89. The van der Waals surface area contributed by atoms with Gasteiger partial charge >= 0.3 is 0 Å². The average molecular weight is 446 g/mol. The van der Waals surface area contributed by atoms with E-state index in [9.17, 15) is 8.42 Å². The lowest BCUT2D eigenvalue weighted by Crippen LogP contribution is -2.32. The highest BCUT2D eigenvalue weighted by Gasteiger charge is 2.41. The summed E-state index contributed by atoms with van der Waals surface area (Å²) >= 11 is 5.95. The Hall–Kier alpha value is -2.22. The molecule has 30 heavy (non-hydrogen) atoms. The molecule has 0 spiro atoms. The van der Waals surface area contributed by atoms with Crippen LogP contribution in [0, 0.1) is 27.7 Å². The highest BCUT2D eigenvalue weighted by atomic mass is 35.5. The molecular weight excluding hydrogens is 422 g/mol. The van der Waals surface area contributed by atoms with Gasteiger partial charge < -0.3 is 4.52 Å². The second-order valence-corrected chi connectivity index (χ2v) is 10.1. The first-order chi connectivity index (χ1) is 14.2. The molecule has 1 saturated heterocycles. The van der Waals surface area contributed by atoms with Gasteiger partial charge in [-0.1, -0.05) is 22.8 Å². The summed E-state index contributed by atoms with van der Waals surface area (Å²) in [6.07, 6.45) is 1.38. The maximum atomic E-state index is 13.7. The van der Waals surface area contributed by atoms with E-state index in [2.05, 4.69) is 10.1 Å². The Bertz CT molecular complexity index is 1180. The predicted octanol–water partition coefficient (Wildman–Crippen LogP) is 5.15. The monoisotopic (exact) mass is 445 g/mol. The van der Waals surface area contributed by atoms with Crippen LogP contribution in [0.2, 0.25) is 5.02 Å². The molecule has 6 nitrogen and oxygen atoms in total. The van der Waals surface area contributed by atoms with Crippen LogP contribution in [0.15, 0.2) is 39.8 Å². The van der Waals surface area contributed by atoms with Crippen molar-refractivity contribution >= 4 is 21.6 Å².